The fourth-order valence-electron chi connectivity index (χ4n) is 3.61. The molecule has 1 aliphatic heterocycles. The number of rotatable bonds is 8. The Labute approximate surface area is 197 Å². The van der Waals surface area contributed by atoms with Crippen molar-refractivity contribution in [1.82, 2.24) is 16.0 Å². The van der Waals surface area contributed by atoms with E-state index in [1.807, 2.05) is 43.3 Å². The molecule has 2 aromatic rings. The molecular formula is C24H26N4O4S. The lowest BCUT2D eigenvalue weighted by atomic mass is 9.92. The van der Waals surface area contributed by atoms with Gasteiger partial charge in [0.25, 0.3) is 0 Å². The van der Waals surface area contributed by atoms with Gasteiger partial charge in [0.2, 0.25) is 11.8 Å². The monoisotopic (exact) mass is 466 g/mol. The fourth-order valence-corrected chi connectivity index (χ4v) is 4.73. The summed E-state index contributed by atoms with van der Waals surface area (Å²) in [6, 6.07) is 18.7. The van der Waals surface area contributed by atoms with Crippen LogP contribution in [0.25, 0.3) is 0 Å². The number of nitriles is 1. The lowest BCUT2D eigenvalue weighted by molar-refractivity contribution is -0.145. The third kappa shape index (κ3) is 5.92. The highest BCUT2D eigenvalue weighted by Crippen LogP contribution is 2.30. The molecular weight excluding hydrogens is 440 g/mol. The van der Waals surface area contributed by atoms with Gasteiger partial charge >= 0.3 is 5.97 Å². The zero-order valence-electron chi connectivity index (χ0n) is 18.4. The minimum Gasteiger partial charge on any atom is -0.467 e. The first-order valence-electron chi connectivity index (χ1n) is 10.6. The number of ether oxygens (including phenoxy) is 1. The number of nitrogens with zero attached hydrogens (tertiary/aromatic N) is 1. The van der Waals surface area contributed by atoms with Gasteiger partial charge in [-0.05, 0) is 17.5 Å². The molecule has 0 aromatic heterocycles. The summed E-state index contributed by atoms with van der Waals surface area (Å²) in [6.45, 7) is 1.85. The zero-order chi connectivity index (χ0) is 23.8. The highest BCUT2D eigenvalue weighted by atomic mass is 32.2. The third-order valence-corrected chi connectivity index (χ3v) is 6.74. The van der Waals surface area contributed by atoms with Gasteiger partial charge in [0.1, 0.15) is 11.4 Å². The van der Waals surface area contributed by atoms with E-state index in [4.69, 9.17) is 4.74 Å². The van der Waals surface area contributed by atoms with Crippen LogP contribution in [-0.4, -0.2) is 35.6 Å². The summed E-state index contributed by atoms with van der Waals surface area (Å²) in [5.41, 5.74) is 0.843. The van der Waals surface area contributed by atoms with Gasteiger partial charge < -0.3 is 15.4 Å². The van der Waals surface area contributed by atoms with Gasteiger partial charge in [-0.2, -0.15) is 5.26 Å². The van der Waals surface area contributed by atoms with Crippen molar-refractivity contribution in [2.45, 2.75) is 36.2 Å². The number of nitrogens with one attached hydrogen (secondary N) is 3. The highest BCUT2D eigenvalue weighted by molar-refractivity contribution is 8.01. The van der Waals surface area contributed by atoms with E-state index >= 15 is 0 Å². The summed E-state index contributed by atoms with van der Waals surface area (Å²) in [4.78, 5) is 38.0. The molecule has 172 valence electrons. The largest absolute Gasteiger partial charge is 0.467 e. The average molecular weight is 467 g/mol. The minimum absolute atomic E-state index is 0.350. The van der Waals surface area contributed by atoms with Crippen molar-refractivity contribution in [2.75, 3.05) is 7.11 Å². The van der Waals surface area contributed by atoms with Gasteiger partial charge in [-0.1, -0.05) is 67.6 Å². The van der Waals surface area contributed by atoms with Crippen LogP contribution < -0.4 is 16.0 Å². The molecule has 2 aromatic carbocycles. The summed E-state index contributed by atoms with van der Waals surface area (Å²) in [7, 11) is 1.27. The van der Waals surface area contributed by atoms with Gasteiger partial charge in [-0.3, -0.25) is 14.9 Å². The van der Waals surface area contributed by atoms with Crippen molar-refractivity contribution in [3.8, 4) is 6.07 Å². The van der Waals surface area contributed by atoms with Crippen LogP contribution in [0.4, 0.5) is 0 Å². The minimum atomic E-state index is -0.938. The Morgan fingerprint density at radius 1 is 1.15 bits per heavy atom. The van der Waals surface area contributed by atoms with Gasteiger partial charge in [-0.25, -0.2) is 4.79 Å². The molecule has 0 spiro atoms. The van der Waals surface area contributed by atoms with Crippen LogP contribution in [0.15, 0.2) is 60.7 Å². The zero-order valence-corrected chi connectivity index (χ0v) is 19.2. The number of benzene rings is 2. The maximum atomic E-state index is 13.1. The van der Waals surface area contributed by atoms with Crippen LogP contribution in [0, 0.1) is 17.2 Å². The van der Waals surface area contributed by atoms with Crippen LogP contribution >= 0.6 is 11.8 Å². The van der Waals surface area contributed by atoms with E-state index in [1.54, 1.807) is 24.3 Å². The molecule has 3 rings (SSSR count). The standard InChI is InChI=1S/C24H26N4O4S/c1-3-18(22(30)26-20(23(31)32-2)16-12-8-5-9-13-16)33-24-27-19(15-10-6-4-7-11-15)17(14-25)21(29)28-24/h4-13,17-20,24,27H,3H2,1-2H3,(H,26,30)(H,28,29). The van der Waals surface area contributed by atoms with E-state index in [-0.39, 0.29) is 5.91 Å². The number of methoxy groups -OCH3 is 1. The molecule has 1 heterocycles. The second-order valence-corrected chi connectivity index (χ2v) is 8.77. The number of esters is 1. The first-order valence-corrected chi connectivity index (χ1v) is 11.5. The Hall–Kier alpha value is -3.35. The first-order chi connectivity index (χ1) is 16.0. The van der Waals surface area contributed by atoms with Crippen LogP contribution in [0.3, 0.4) is 0 Å². The van der Waals surface area contributed by atoms with Crippen LogP contribution in [-0.2, 0) is 19.1 Å². The van der Waals surface area contributed by atoms with E-state index in [0.29, 0.717) is 12.0 Å². The molecule has 2 amide bonds. The Morgan fingerprint density at radius 3 is 2.36 bits per heavy atom. The van der Waals surface area contributed by atoms with Gasteiger partial charge in [0.15, 0.2) is 6.04 Å². The first kappa shape index (κ1) is 24.3. The summed E-state index contributed by atoms with van der Waals surface area (Å²) in [6.07, 6.45) is 0.463. The smallest absolute Gasteiger partial charge is 0.333 e. The van der Waals surface area contributed by atoms with E-state index in [2.05, 4.69) is 22.0 Å². The molecule has 1 aliphatic rings. The average Bonchev–Trinajstić information content (AvgIpc) is 2.85. The molecule has 33 heavy (non-hydrogen) atoms. The Balaban J connectivity index is 1.74. The lowest BCUT2D eigenvalue weighted by Gasteiger charge is -2.35. The predicted molar refractivity (Wildman–Crippen MR) is 124 cm³/mol. The molecule has 9 heteroatoms. The van der Waals surface area contributed by atoms with E-state index in [0.717, 1.165) is 5.56 Å². The molecule has 0 saturated carbocycles. The fraction of sp³-hybridized carbons (Fsp3) is 0.333. The molecule has 5 atom stereocenters. The summed E-state index contributed by atoms with van der Waals surface area (Å²) < 4.78 is 4.87. The van der Waals surface area contributed by atoms with Crippen molar-refractivity contribution >= 4 is 29.5 Å². The SMILES string of the molecule is CCC(SC1NC(=O)C(C#N)C(c2ccccc2)N1)C(=O)NC(C(=O)OC)c1ccccc1. The summed E-state index contributed by atoms with van der Waals surface area (Å²) in [5.74, 6) is -2.20. The van der Waals surface area contributed by atoms with Crippen molar-refractivity contribution in [3.63, 3.8) is 0 Å². The second kappa shape index (κ2) is 11.5. The maximum Gasteiger partial charge on any atom is 0.333 e. The lowest BCUT2D eigenvalue weighted by Crippen LogP contribution is -2.56. The quantitative estimate of drug-likeness (QED) is 0.511. The van der Waals surface area contributed by atoms with Crippen LogP contribution in [0.5, 0.6) is 0 Å². The predicted octanol–water partition coefficient (Wildman–Crippen LogP) is 2.41. The molecule has 3 N–H and O–H groups in total. The van der Waals surface area contributed by atoms with Gasteiger partial charge in [-0.15, -0.1) is 11.8 Å². The van der Waals surface area contributed by atoms with Crippen LogP contribution in [0.1, 0.15) is 36.6 Å². The van der Waals surface area contributed by atoms with Gasteiger partial charge in [0.05, 0.1) is 24.5 Å². The molecule has 5 unspecified atom stereocenters. The van der Waals surface area contributed by atoms with Crippen LogP contribution in [0.2, 0.25) is 0 Å². The van der Waals surface area contributed by atoms with E-state index < -0.39 is 40.6 Å². The second-order valence-electron chi connectivity index (χ2n) is 7.46. The number of thioether (sulfide) groups is 1. The Morgan fingerprint density at radius 2 is 1.79 bits per heavy atom. The molecule has 1 fully saturated rings. The number of hydrogen-bond acceptors (Lipinski definition) is 7. The molecule has 0 aliphatic carbocycles. The molecule has 8 nitrogen and oxygen atoms in total. The van der Waals surface area contributed by atoms with Crippen molar-refractivity contribution in [2.24, 2.45) is 5.92 Å². The van der Waals surface area contributed by atoms with Crippen molar-refractivity contribution in [1.29, 1.82) is 5.26 Å². The van der Waals surface area contributed by atoms with Gasteiger partial charge in [0, 0.05) is 0 Å². The Kier molecular flexibility index (Phi) is 8.46. The molecule has 0 radical (unpaired) electrons. The topological polar surface area (TPSA) is 120 Å². The number of amides is 2. The number of carbonyl (C=O) groups excluding carboxylic acids is 3. The maximum absolute atomic E-state index is 13.1. The van der Waals surface area contributed by atoms with Crippen molar-refractivity contribution in [3.05, 3.63) is 71.8 Å². The van der Waals surface area contributed by atoms with E-state index in [1.165, 1.54) is 18.9 Å². The third-order valence-electron chi connectivity index (χ3n) is 5.34. The Bertz CT molecular complexity index is 1010. The molecule has 1 saturated heterocycles. The normalized spacial score (nSPS) is 21.7. The highest BCUT2D eigenvalue weighted by Gasteiger charge is 2.39. The molecule has 0 bridgehead atoms. The van der Waals surface area contributed by atoms with E-state index in [9.17, 15) is 19.6 Å². The summed E-state index contributed by atoms with van der Waals surface area (Å²) in [5, 5.41) is 17.8. The van der Waals surface area contributed by atoms with Crippen molar-refractivity contribution < 1.29 is 19.1 Å². The number of hydrogen-bond donors (Lipinski definition) is 3. The number of carbonyl (C=O) groups is 3. The summed E-state index contributed by atoms with van der Waals surface area (Å²) >= 11 is 1.23.